The van der Waals surface area contributed by atoms with Gasteiger partial charge in [0, 0.05) is 42.3 Å². The lowest BCUT2D eigenvalue weighted by atomic mass is 9.99. The van der Waals surface area contributed by atoms with Gasteiger partial charge < -0.3 is 10.1 Å². The third-order valence-corrected chi connectivity index (χ3v) is 4.33. The molecule has 1 aliphatic heterocycles. The number of hydrogen-bond acceptors (Lipinski definition) is 4. The largest absolute Gasteiger partial charge is 0.379 e. The molecule has 1 N–H and O–H groups in total. The summed E-state index contributed by atoms with van der Waals surface area (Å²) in [6, 6.07) is 7.97. The number of para-hydroxylation sites is 1. The van der Waals surface area contributed by atoms with Crippen molar-refractivity contribution in [3.05, 3.63) is 41.1 Å². The quantitative estimate of drug-likeness (QED) is 0.937. The molecule has 2 aromatic rings. The molecule has 128 valence electrons. The smallest absolute Gasteiger partial charge is 0.252 e. The summed E-state index contributed by atoms with van der Waals surface area (Å²) in [7, 11) is 0. The SMILES string of the molecule is Cc1nc2ccccc2c(C(=O)NC(C)C)c1CN1CCOCC1. The van der Waals surface area contributed by atoms with Gasteiger partial charge >= 0.3 is 0 Å². The Morgan fingerprint density at radius 3 is 2.71 bits per heavy atom. The van der Waals surface area contributed by atoms with Crippen molar-refractivity contribution < 1.29 is 9.53 Å². The average Bonchev–Trinajstić information content (AvgIpc) is 2.55. The van der Waals surface area contributed by atoms with Gasteiger partial charge in [-0.1, -0.05) is 18.2 Å². The lowest BCUT2D eigenvalue weighted by Gasteiger charge is -2.28. The molecule has 0 unspecified atom stereocenters. The van der Waals surface area contributed by atoms with Crippen molar-refractivity contribution in [2.45, 2.75) is 33.4 Å². The van der Waals surface area contributed by atoms with Crippen LogP contribution in [0.25, 0.3) is 10.9 Å². The van der Waals surface area contributed by atoms with Crippen LogP contribution in [0.2, 0.25) is 0 Å². The molecule has 0 radical (unpaired) electrons. The zero-order chi connectivity index (χ0) is 17.1. The van der Waals surface area contributed by atoms with E-state index in [0.29, 0.717) is 0 Å². The summed E-state index contributed by atoms with van der Waals surface area (Å²) in [5, 5.41) is 3.97. The Hall–Kier alpha value is -1.98. The number of rotatable bonds is 4. The van der Waals surface area contributed by atoms with E-state index in [0.717, 1.165) is 60.6 Å². The fourth-order valence-corrected chi connectivity index (χ4v) is 3.14. The van der Waals surface area contributed by atoms with Crippen molar-refractivity contribution >= 4 is 16.8 Å². The Morgan fingerprint density at radius 1 is 1.29 bits per heavy atom. The van der Waals surface area contributed by atoms with E-state index in [4.69, 9.17) is 9.72 Å². The molecule has 2 heterocycles. The minimum atomic E-state index is -0.0186. The third-order valence-electron chi connectivity index (χ3n) is 4.33. The molecule has 1 aromatic carbocycles. The molecule has 0 atom stereocenters. The van der Waals surface area contributed by atoms with Crippen LogP contribution in [0.5, 0.6) is 0 Å². The van der Waals surface area contributed by atoms with Crippen molar-refractivity contribution in [3.8, 4) is 0 Å². The van der Waals surface area contributed by atoms with Crippen LogP contribution >= 0.6 is 0 Å². The van der Waals surface area contributed by atoms with E-state index in [9.17, 15) is 4.79 Å². The van der Waals surface area contributed by atoms with E-state index in [1.807, 2.05) is 45.0 Å². The molecule has 0 saturated carbocycles. The van der Waals surface area contributed by atoms with Crippen LogP contribution < -0.4 is 5.32 Å². The van der Waals surface area contributed by atoms with E-state index < -0.39 is 0 Å². The van der Waals surface area contributed by atoms with Gasteiger partial charge in [-0.25, -0.2) is 0 Å². The van der Waals surface area contributed by atoms with Gasteiger partial charge in [0.05, 0.1) is 24.3 Å². The van der Waals surface area contributed by atoms with Gasteiger partial charge in [-0.3, -0.25) is 14.7 Å². The number of hydrogen-bond donors (Lipinski definition) is 1. The van der Waals surface area contributed by atoms with Crippen LogP contribution in [0.3, 0.4) is 0 Å². The highest BCUT2D eigenvalue weighted by atomic mass is 16.5. The molecule has 5 nitrogen and oxygen atoms in total. The third kappa shape index (κ3) is 3.57. The Bertz CT molecular complexity index is 737. The molecule has 3 rings (SSSR count). The molecule has 24 heavy (non-hydrogen) atoms. The predicted molar refractivity (Wildman–Crippen MR) is 95.2 cm³/mol. The molecule has 5 heteroatoms. The highest BCUT2D eigenvalue weighted by Crippen LogP contribution is 2.25. The van der Waals surface area contributed by atoms with Crippen LogP contribution in [0, 0.1) is 6.92 Å². The number of carbonyl (C=O) groups excluding carboxylic acids is 1. The maximum Gasteiger partial charge on any atom is 0.252 e. The molecule has 1 fully saturated rings. The van der Waals surface area contributed by atoms with Gasteiger partial charge in [0.25, 0.3) is 5.91 Å². The first-order chi connectivity index (χ1) is 11.6. The predicted octanol–water partition coefficient (Wildman–Crippen LogP) is 2.51. The minimum absolute atomic E-state index is 0.0186. The van der Waals surface area contributed by atoms with Crippen LogP contribution in [-0.4, -0.2) is 48.1 Å². The number of carbonyl (C=O) groups is 1. The first kappa shape index (κ1) is 16.9. The number of nitrogens with one attached hydrogen (secondary N) is 1. The van der Waals surface area contributed by atoms with E-state index in [-0.39, 0.29) is 11.9 Å². The molecule has 1 aromatic heterocycles. The standard InChI is InChI=1S/C19H25N3O2/c1-13(2)20-19(23)18-15-6-4-5-7-17(15)21-14(3)16(18)12-22-8-10-24-11-9-22/h4-7,13H,8-12H2,1-3H3,(H,20,23). The van der Waals surface area contributed by atoms with E-state index in [1.54, 1.807) is 0 Å². The molecule has 1 aliphatic rings. The minimum Gasteiger partial charge on any atom is -0.379 e. The summed E-state index contributed by atoms with van der Waals surface area (Å²) < 4.78 is 5.43. The monoisotopic (exact) mass is 327 g/mol. The number of pyridine rings is 1. The number of nitrogens with zero attached hydrogens (tertiary/aromatic N) is 2. The Balaban J connectivity index is 2.07. The van der Waals surface area contributed by atoms with Crippen molar-refractivity contribution in [3.63, 3.8) is 0 Å². The number of aromatic nitrogens is 1. The summed E-state index contributed by atoms with van der Waals surface area (Å²) in [6.45, 7) is 9.95. The average molecular weight is 327 g/mol. The summed E-state index contributed by atoms with van der Waals surface area (Å²) in [5.41, 5.74) is 3.58. The highest BCUT2D eigenvalue weighted by molar-refractivity contribution is 6.07. The Kier molecular flexibility index (Phi) is 5.11. The second kappa shape index (κ2) is 7.28. The number of aryl methyl sites for hydroxylation is 1. The topological polar surface area (TPSA) is 54.5 Å². The zero-order valence-electron chi connectivity index (χ0n) is 14.6. The van der Waals surface area contributed by atoms with Gasteiger partial charge in [-0.15, -0.1) is 0 Å². The molecule has 1 saturated heterocycles. The number of ether oxygens (including phenoxy) is 1. The first-order valence-corrected chi connectivity index (χ1v) is 8.55. The molecule has 0 bridgehead atoms. The summed E-state index contributed by atoms with van der Waals surface area (Å²) in [6.07, 6.45) is 0. The fourth-order valence-electron chi connectivity index (χ4n) is 3.14. The van der Waals surface area contributed by atoms with Crippen molar-refractivity contribution in [1.82, 2.24) is 15.2 Å². The number of amides is 1. The van der Waals surface area contributed by atoms with E-state index in [2.05, 4.69) is 10.2 Å². The van der Waals surface area contributed by atoms with Gasteiger partial charge in [0.2, 0.25) is 0 Å². The summed E-state index contributed by atoms with van der Waals surface area (Å²) in [5.74, 6) is -0.0186. The van der Waals surface area contributed by atoms with Crippen molar-refractivity contribution in [2.75, 3.05) is 26.3 Å². The number of fused-ring (bicyclic) bond motifs is 1. The van der Waals surface area contributed by atoms with Gasteiger partial charge in [-0.05, 0) is 26.8 Å². The molecule has 0 aliphatic carbocycles. The van der Waals surface area contributed by atoms with Gasteiger partial charge in [0.1, 0.15) is 0 Å². The maximum absolute atomic E-state index is 12.9. The van der Waals surface area contributed by atoms with E-state index >= 15 is 0 Å². The van der Waals surface area contributed by atoms with E-state index in [1.165, 1.54) is 0 Å². The van der Waals surface area contributed by atoms with Crippen LogP contribution in [-0.2, 0) is 11.3 Å². The van der Waals surface area contributed by atoms with Gasteiger partial charge in [0.15, 0.2) is 0 Å². The normalized spacial score (nSPS) is 15.8. The van der Waals surface area contributed by atoms with Crippen molar-refractivity contribution in [1.29, 1.82) is 0 Å². The summed E-state index contributed by atoms with van der Waals surface area (Å²) in [4.78, 5) is 20.0. The van der Waals surface area contributed by atoms with Crippen molar-refractivity contribution in [2.24, 2.45) is 0 Å². The van der Waals surface area contributed by atoms with Gasteiger partial charge in [-0.2, -0.15) is 0 Å². The highest BCUT2D eigenvalue weighted by Gasteiger charge is 2.22. The lowest BCUT2D eigenvalue weighted by Crippen LogP contribution is -2.37. The second-order valence-corrected chi connectivity index (χ2v) is 6.58. The molecular weight excluding hydrogens is 302 g/mol. The summed E-state index contributed by atoms with van der Waals surface area (Å²) >= 11 is 0. The molecular formula is C19H25N3O2. The fraction of sp³-hybridized carbons (Fsp3) is 0.474. The lowest BCUT2D eigenvalue weighted by molar-refractivity contribution is 0.0339. The maximum atomic E-state index is 12.9. The number of morpholine rings is 1. The Labute approximate surface area is 143 Å². The molecule has 0 spiro atoms. The number of benzene rings is 1. The first-order valence-electron chi connectivity index (χ1n) is 8.55. The van der Waals surface area contributed by atoms with Crippen LogP contribution in [0.15, 0.2) is 24.3 Å². The van der Waals surface area contributed by atoms with Crippen LogP contribution in [0.1, 0.15) is 35.5 Å². The van der Waals surface area contributed by atoms with Crippen LogP contribution in [0.4, 0.5) is 0 Å². The second-order valence-electron chi connectivity index (χ2n) is 6.58. The molecule has 1 amide bonds. The Morgan fingerprint density at radius 2 is 2.00 bits per heavy atom. The zero-order valence-corrected chi connectivity index (χ0v) is 14.6.